The second kappa shape index (κ2) is 2.29. The van der Waals surface area contributed by atoms with Crippen molar-refractivity contribution in [2.24, 2.45) is 9.98 Å². The van der Waals surface area contributed by atoms with Crippen molar-refractivity contribution in [2.45, 2.75) is 0 Å². The molecular formula is C5H6N2. The monoisotopic (exact) mass is 94.1 g/mol. The molecule has 2 nitrogen and oxygen atoms in total. The average Bonchev–Trinajstić information content (AvgIpc) is 1.90. The van der Waals surface area contributed by atoms with E-state index in [9.17, 15) is 0 Å². The highest BCUT2D eigenvalue weighted by Crippen LogP contribution is 1.76. The van der Waals surface area contributed by atoms with E-state index in [0.29, 0.717) is 6.54 Å². The summed E-state index contributed by atoms with van der Waals surface area (Å²) < 4.78 is 0. The summed E-state index contributed by atoms with van der Waals surface area (Å²) in [5.74, 6) is 0. The number of rotatable bonds is 0. The van der Waals surface area contributed by atoms with Gasteiger partial charge >= 0.3 is 0 Å². The third kappa shape index (κ3) is 1.30. The molecule has 0 atom stereocenters. The van der Waals surface area contributed by atoms with Gasteiger partial charge in [-0.3, -0.25) is 9.98 Å². The standard InChI is InChI=1S/C5H6N2/c1-2-6-4-5-7-3-1/h1-4H,5H2. The van der Waals surface area contributed by atoms with E-state index >= 15 is 0 Å². The van der Waals surface area contributed by atoms with E-state index in [2.05, 4.69) is 9.98 Å². The predicted octanol–water partition coefficient (Wildman–Crippen LogP) is 0.655. The van der Waals surface area contributed by atoms with Crippen molar-refractivity contribution >= 4 is 12.4 Å². The van der Waals surface area contributed by atoms with E-state index in [0.717, 1.165) is 0 Å². The summed E-state index contributed by atoms with van der Waals surface area (Å²) in [6.07, 6.45) is 7.03. The highest BCUT2D eigenvalue weighted by atomic mass is 14.8. The summed E-state index contributed by atoms with van der Waals surface area (Å²) in [6, 6.07) is 0. The van der Waals surface area contributed by atoms with Crippen molar-refractivity contribution in [3.63, 3.8) is 0 Å². The fraction of sp³-hybridized carbons (Fsp3) is 0.200. The van der Waals surface area contributed by atoms with Crippen molar-refractivity contribution in [3.05, 3.63) is 12.3 Å². The second-order valence-electron chi connectivity index (χ2n) is 1.19. The Bertz CT molecular complexity index is 108. The van der Waals surface area contributed by atoms with Gasteiger partial charge in [0.2, 0.25) is 0 Å². The zero-order valence-corrected chi connectivity index (χ0v) is 3.91. The lowest BCUT2D eigenvalue weighted by molar-refractivity contribution is 1.34. The fourth-order valence-corrected chi connectivity index (χ4v) is 0.365. The van der Waals surface area contributed by atoms with E-state index in [4.69, 9.17) is 0 Å². The maximum Gasteiger partial charge on any atom is 0.0742 e. The van der Waals surface area contributed by atoms with E-state index < -0.39 is 0 Å². The lowest BCUT2D eigenvalue weighted by Gasteiger charge is -1.70. The van der Waals surface area contributed by atoms with Crippen LogP contribution in [0, 0.1) is 0 Å². The predicted molar refractivity (Wildman–Crippen MR) is 31.0 cm³/mol. The molecule has 0 amide bonds. The summed E-state index contributed by atoms with van der Waals surface area (Å²) in [6.45, 7) is 0.715. The lowest BCUT2D eigenvalue weighted by Crippen LogP contribution is -1.75. The maximum absolute atomic E-state index is 3.91. The Morgan fingerprint density at radius 1 is 1.43 bits per heavy atom. The van der Waals surface area contributed by atoms with Crippen molar-refractivity contribution < 1.29 is 0 Å². The first-order chi connectivity index (χ1) is 3.50. The molecule has 1 aliphatic heterocycles. The van der Waals surface area contributed by atoms with Crippen LogP contribution in [0.5, 0.6) is 0 Å². The minimum Gasteiger partial charge on any atom is -0.287 e. The summed E-state index contributed by atoms with van der Waals surface area (Å²) in [5.41, 5.74) is 0. The SMILES string of the molecule is C1=CN=CCN=C1. The number of hydrogen-bond donors (Lipinski definition) is 0. The minimum absolute atomic E-state index is 0.715. The van der Waals surface area contributed by atoms with E-state index in [-0.39, 0.29) is 0 Å². The van der Waals surface area contributed by atoms with Crippen LogP contribution in [0.15, 0.2) is 22.3 Å². The molecule has 0 N–H and O–H groups in total. The zero-order valence-electron chi connectivity index (χ0n) is 3.91. The van der Waals surface area contributed by atoms with Crippen molar-refractivity contribution in [3.8, 4) is 0 Å². The van der Waals surface area contributed by atoms with E-state index in [1.54, 1.807) is 18.6 Å². The molecule has 0 bridgehead atoms. The summed E-state index contributed by atoms with van der Waals surface area (Å²) in [4.78, 5) is 7.75. The molecule has 7 heavy (non-hydrogen) atoms. The van der Waals surface area contributed by atoms with Crippen LogP contribution >= 0.6 is 0 Å². The molecule has 0 aromatic carbocycles. The van der Waals surface area contributed by atoms with Gasteiger partial charge < -0.3 is 0 Å². The largest absolute Gasteiger partial charge is 0.287 e. The van der Waals surface area contributed by atoms with Crippen LogP contribution in [0.1, 0.15) is 0 Å². The van der Waals surface area contributed by atoms with Crippen LogP contribution in [0.3, 0.4) is 0 Å². The molecule has 0 aliphatic carbocycles. The zero-order chi connectivity index (χ0) is 4.95. The molecule has 0 unspecified atom stereocenters. The first-order valence-electron chi connectivity index (χ1n) is 2.17. The van der Waals surface area contributed by atoms with E-state index in [1.807, 2.05) is 6.08 Å². The highest BCUT2D eigenvalue weighted by Gasteiger charge is 1.71. The number of nitrogens with zero attached hydrogens (tertiary/aromatic N) is 2. The first kappa shape index (κ1) is 4.24. The summed E-state index contributed by atoms with van der Waals surface area (Å²) in [7, 11) is 0. The maximum atomic E-state index is 3.91. The lowest BCUT2D eigenvalue weighted by atomic mass is 10.7. The molecule has 0 radical (unpaired) electrons. The molecule has 2 heteroatoms. The Morgan fingerprint density at radius 3 is 3.43 bits per heavy atom. The Labute approximate surface area is 42.3 Å². The van der Waals surface area contributed by atoms with Crippen molar-refractivity contribution in [2.75, 3.05) is 6.54 Å². The van der Waals surface area contributed by atoms with Gasteiger partial charge in [-0.15, -0.1) is 0 Å². The third-order valence-corrected chi connectivity index (χ3v) is 0.656. The number of aliphatic imine (C=N–C) groups is 2. The van der Waals surface area contributed by atoms with Gasteiger partial charge in [0.15, 0.2) is 0 Å². The highest BCUT2D eigenvalue weighted by molar-refractivity contribution is 5.75. The van der Waals surface area contributed by atoms with Gasteiger partial charge in [-0.2, -0.15) is 0 Å². The van der Waals surface area contributed by atoms with Gasteiger partial charge in [-0.1, -0.05) is 0 Å². The molecule has 1 rings (SSSR count). The van der Waals surface area contributed by atoms with Gasteiger partial charge in [0, 0.05) is 18.6 Å². The molecule has 0 saturated carbocycles. The van der Waals surface area contributed by atoms with Gasteiger partial charge in [0.1, 0.15) is 0 Å². The normalized spacial score (nSPS) is 17.1. The molecular weight excluding hydrogens is 88.1 g/mol. The Hall–Kier alpha value is -0.920. The number of allylic oxidation sites excluding steroid dienone is 1. The van der Waals surface area contributed by atoms with Crippen LogP contribution in [0.4, 0.5) is 0 Å². The van der Waals surface area contributed by atoms with Crippen molar-refractivity contribution in [1.82, 2.24) is 0 Å². The first-order valence-corrected chi connectivity index (χ1v) is 2.17. The molecule has 0 saturated heterocycles. The molecule has 1 heterocycles. The Balaban J connectivity index is 2.60. The summed E-state index contributed by atoms with van der Waals surface area (Å²) in [5, 5.41) is 0. The van der Waals surface area contributed by atoms with Gasteiger partial charge in [0.05, 0.1) is 6.54 Å². The van der Waals surface area contributed by atoms with Crippen LogP contribution < -0.4 is 0 Å². The smallest absolute Gasteiger partial charge is 0.0742 e. The van der Waals surface area contributed by atoms with Gasteiger partial charge in [-0.25, -0.2) is 0 Å². The van der Waals surface area contributed by atoms with E-state index in [1.165, 1.54) is 0 Å². The quantitative estimate of drug-likeness (QED) is 0.421. The Kier molecular flexibility index (Phi) is 1.39. The average molecular weight is 94.1 g/mol. The van der Waals surface area contributed by atoms with Crippen molar-refractivity contribution in [1.29, 1.82) is 0 Å². The van der Waals surface area contributed by atoms with Crippen LogP contribution in [0.25, 0.3) is 0 Å². The molecule has 36 valence electrons. The molecule has 0 aromatic rings. The molecule has 1 aliphatic rings. The van der Waals surface area contributed by atoms with Gasteiger partial charge in [-0.05, 0) is 6.08 Å². The third-order valence-electron chi connectivity index (χ3n) is 0.656. The Morgan fingerprint density at radius 2 is 2.43 bits per heavy atom. The fourth-order valence-electron chi connectivity index (χ4n) is 0.365. The molecule has 0 spiro atoms. The number of hydrogen-bond acceptors (Lipinski definition) is 2. The second-order valence-corrected chi connectivity index (χ2v) is 1.19. The van der Waals surface area contributed by atoms with Crippen LogP contribution in [-0.2, 0) is 0 Å². The van der Waals surface area contributed by atoms with Crippen LogP contribution in [0.2, 0.25) is 0 Å². The minimum atomic E-state index is 0.715. The van der Waals surface area contributed by atoms with Crippen LogP contribution in [-0.4, -0.2) is 19.0 Å². The van der Waals surface area contributed by atoms with Gasteiger partial charge in [0.25, 0.3) is 0 Å². The summed E-state index contributed by atoms with van der Waals surface area (Å²) >= 11 is 0. The topological polar surface area (TPSA) is 24.7 Å². The molecule has 0 fully saturated rings. The molecule has 0 aromatic heterocycles.